The Kier molecular flexibility index (Phi) is 50.1. The molecule has 0 aliphatic rings. The van der Waals surface area contributed by atoms with Gasteiger partial charge < -0.3 is 14.2 Å². The van der Waals surface area contributed by atoms with Crippen LogP contribution in [-0.4, -0.2) is 37.2 Å². The fourth-order valence-corrected chi connectivity index (χ4v) is 8.75. The van der Waals surface area contributed by atoms with Gasteiger partial charge in [-0.2, -0.15) is 0 Å². The van der Waals surface area contributed by atoms with Crippen molar-refractivity contribution in [1.29, 1.82) is 0 Å². The molecule has 0 unspecified atom stereocenters. The van der Waals surface area contributed by atoms with Crippen molar-refractivity contribution in [3.05, 3.63) is 0 Å². The molecule has 0 N–H and O–H groups in total. The molecular weight excluding hydrogens is 781 g/mol. The normalized spacial score (nSPS) is 12.0. The summed E-state index contributed by atoms with van der Waals surface area (Å²) in [5, 5.41) is 0. The lowest BCUT2D eigenvalue weighted by Gasteiger charge is -2.18. The average molecular weight is 892 g/mol. The van der Waals surface area contributed by atoms with E-state index < -0.39 is 6.10 Å². The Morgan fingerprint density at radius 2 is 0.524 bits per heavy atom. The fraction of sp³-hybridized carbons (Fsp3) is 0.947. The lowest BCUT2D eigenvalue weighted by Crippen LogP contribution is -2.30. The van der Waals surface area contributed by atoms with E-state index in [1.165, 1.54) is 218 Å². The van der Waals surface area contributed by atoms with Crippen LogP contribution in [0.1, 0.15) is 323 Å². The number of unbranched alkanes of at least 4 members (excludes halogenated alkanes) is 39. The van der Waals surface area contributed by atoms with Crippen LogP contribution in [0.3, 0.4) is 0 Å². The molecule has 0 bridgehead atoms. The van der Waals surface area contributed by atoms with E-state index in [9.17, 15) is 14.4 Å². The van der Waals surface area contributed by atoms with Gasteiger partial charge in [0, 0.05) is 19.3 Å². The van der Waals surface area contributed by atoms with E-state index in [-0.39, 0.29) is 31.1 Å². The predicted molar refractivity (Wildman–Crippen MR) is 270 cm³/mol. The van der Waals surface area contributed by atoms with Crippen LogP contribution in [0.2, 0.25) is 0 Å². The van der Waals surface area contributed by atoms with Crippen molar-refractivity contribution in [3.8, 4) is 0 Å². The van der Waals surface area contributed by atoms with Gasteiger partial charge >= 0.3 is 17.9 Å². The Morgan fingerprint density at radius 1 is 0.302 bits per heavy atom. The molecule has 6 heteroatoms. The van der Waals surface area contributed by atoms with Gasteiger partial charge in [-0.05, 0) is 25.2 Å². The van der Waals surface area contributed by atoms with Gasteiger partial charge in [0.1, 0.15) is 13.2 Å². The number of esters is 3. The summed E-state index contributed by atoms with van der Waals surface area (Å²) in [5.74, 6) is 0.00884. The largest absolute Gasteiger partial charge is 0.462 e. The summed E-state index contributed by atoms with van der Waals surface area (Å²) in [6.45, 7) is 9.06. The molecule has 0 saturated carbocycles. The molecule has 0 rings (SSSR count). The van der Waals surface area contributed by atoms with Crippen LogP contribution in [0, 0.1) is 5.92 Å². The lowest BCUT2D eigenvalue weighted by molar-refractivity contribution is -0.167. The Balaban J connectivity index is 4.29. The molecule has 0 fully saturated rings. The standard InChI is InChI=1S/C57H110O6/c1-5-7-9-11-13-15-17-19-24-28-32-36-40-44-48-55(58)61-51-54(63-57(60)50-46-42-38-34-30-25-20-18-16-14-12-10-8-6-2)52-62-56(59)49-45-41-37-33-29-26-22-21-23-27-31-35-39-43-47-53(3)4/h53-54H,5-52H2,1-4H3/t54-/m1/s1. The molecule has 0 aromatic rings. The first-order chi connectivity index (χ1) is 30.9. The summed E-state index contributed by atoms with van der Waals surface area (Å²) in [5.41, 5.74) is 0. The zero-order chi connectivity index (χ0) is 45.9. The number of ether oxygens (including phenoxy) is 3. The van der Waals surface area contributed by atoms with E-state index in [4.69, 9.17) is 14.2 Å². The molecular formula is C57H110O6. The third-order valence-corrected chi connectivity index (χ3v) is 13.0. The van der Waals surface area contributed by atoms with E-state index in [0.717, 1.165) is 63.7 Å². The number of hydrogen-bond donors (Lipinski definition) is 0. The fourth-order valence-electron chi connectivity index (χ4n) is 8.75. The summed E-state index contributed by atoms with van der Waals surface area (Å²) in [6, 6.07) is 0. The van der Waals surface area contributed by atoms with Crippen molar-refractivity contribution in [1.82, 2.24) is 0 Å². The van der Waals surface area contributed by atoms with Crippen LogP contribution >= 0.6 is 0 Å². The van der Waals surface area contributed by atoms with Crippen LogP contribution in [-0.2, 0) is 28.6 Å². The summed E-state index contributed by atoms with van der Waals surface area (Å²) < 4.78 is 16.9. The molecule has 6 nitrogen and oxygen atoms in total. The summed E-state index contributed by atoms with van der Waals surface area (Å²) in [4.78, 5) is 38.1. The van der Waals surface area contributed by atoms with Gasteiger partial charge in [-0.25, -0.2) is 0 Å². The van der Waals surface area contributed by atoms with Crippen molar-refractivity contribution in [2.45, 2.75) is 329 Å². The van der Waals surface area contributed by atoms with Crippen molar-refractivity contribution in [3.63, 3.8) is 0 Å². The van der Waals surface area contributed by atoms with Crippen LogP contribution in [0.25, 0.3) is 0 Å². The highest BCUT2D eigenvalue weighted by Crippen LogP contribution is 2.18. The van der Waals surface area contributed by atoms with Gasteiger partial charge in [-0.3, -0.25) is 14.4 Å². The zero-order valence-electron chi connectivity index (χ0n) is 43.0. The van der Waals surface area contributed by atoms with Gasteiger partial charge in [0.2, 0.25) is 0 Å². The second kappa shape index (κ2) is 51.4. The first-order valence-electron chi connectivity index (χ1n) is 28.4. The Morgan fingerprint density at radius 3 is 0.778 bits per heavy atom. The minimum absolute atomic E-state index is 0.0619. The Hall–Kier alpha value is -1.59. The Bertz CT molecular complexity index is 949. The molecule has 0 saturated heterocycles. The maximum Gasteiger partial charge on any atom is 0.306 e. The van der Waals surface area contributed by atoms with E-state index in [1.54, 1.807) is 0 Å². The van der Waals surface area contributed by atoms with Gasteiger partial charge in [0.25, 0.3) is 0 Å². The third-order valence-electron chi connectivity index (χ3n) is 13.0. The molecule has 0 aliphatic heterocycles. The van der Waals surface area contributed by atoms with E-state index >= 15 is 0 Å². The molecule has 0 amide bonds. The highest BCUT2D eigenvalue weighted by molar-refractivity contribution is 5.71. The molecule has 0 heterocycles. The highest BCUT2D eigenvalue weighted by atomic mass is 16.6. The molecule has 63 heavy (non-hydrogen) atoms. The molecule has 1 atom stereocenters. The predicted octanol–water partition coefficient (Wildman–Crippen LogP) is 18.6. The van der Waals surface area contributed by atoms with Gasteiger partial charge in [-0.1, -0.05) is 285 Å². The minimum atomic E-state index is -0.761. The van der Waals surface area contributed by atoms with Crippen molar-refractivity contribution >= 4 is 17.9 Å². The van der Waals surface area contributed by atoms with Crippen molar-refractivity contribution < 1.29 is 28.6 Å². The van der Waals surface area contributed by atoms with E-state index in [0.29, 0.717) is 19.3 Å². The van der Waals surface area contributed by atoms with Crippen molar-refractivity contribution in [2.75, 3.05) is 13.2 Å². The molecule has 0 aromatic heterocycles. The smallest absolute Gasteiger partial charge is 0.306 e. The summed E-state index contributed by atoms with van der Waals surface area (Å²) >= 11 is 0. The van der Waals surface area contributed by atoms with Gasteiger partial charge in [0.05, 0.1) is 0 Å². The molecule has 0 spiro atoms. The second-order valence-corrected chi connectivity index (χ2v) is 20.1. The average Bonchev–Trinajstić information content (AvgIpc) is 3.27. The molecule has 0 radical (unpaired) electrons. The van der Waals surface area contributed by atoms with Crippen LogP contribution in [0.4, 0.5) is 0 Å². The number of carbonyl (C=O) groups is 3. The number of hydrogen-bond acceptors (Lipinski definition) is 6. The van der Waals surface area contributed by atoms with Crippen LogP contribution < -0.4 is 0 Å². The molecule has 0 aliphatic carbocycles. The lowest BCUT2D eigenvalue weighted by atomic mass is 10.0. The second-order valence-electron chi connectivity index (χ2n) is 20.1. The first-order valence-corrected chi connectivity index (χ1v) is 28.4. The monoisotopic (exact) mass is 891 g/mol. The van der Waals surface area contributed by atoms with Crippen LogP contribution in [0.15, 0.2) is 0 Å². The summed E-state index contributed by atoms with van der Waals surface area (Å²) in [7, 11) is 0. The van der Waals surface area contributed by atoms with Gasteiger partial charge in [0.15, 0.2) is 6.10 Å². The quantitative estimate of drug-likeness (QED) is 0.0344. The summed E-state index contributed by atoms with van der Waals surface area (Å²) in [6.07, 6.45) is 55.1. The van der Waals surface area contributed by atoms with Crippen LogP contribution in [0.5, 0.6) is 0 Å². The maximum absolute atomic E-state index is 12.8. The Labute approximate surface area is 393 Å². The highest BCUT2D eigenvalue weighted by Gasteiger charge is 2.19. The first kappa shape index (κ1) is 61.4. The molecule has 0 aromatic carbocycles. The van der Waals surface area contributed by atoms with E-state index in [1.807, 2.05) is 0 Å². The third kappa shape index (κ3) is 51.3. The number of carbonyl (C=O) groups excluding carboxylic acids is 3. The SMILES string of the molecule is CCCCCCCCCCCCCCCCC(=O)OC[C@H](COC(=O)CCCCCCCCCCCCCCCCC(C)C)OC(=O)CCCCCCCCCCCCCCCC. The van der Waals surface area contributed by atoms with Gasteiger partial charge in [-0.15, -0.1) is 0 Å². The maximum atomic E-state index is 12.8. The van der Waals surface area contributed by atoms with E-state index in [2.05, 4.69) is 27.7 Å². The minimum Gasteiger partial charge on any atom is -0.462 e. The molecule has 374 valence electrons. The topological polar surface area (TPSA) is 78.9 Å². The number of rotatable bonds is 52. The zero-order valence-corrected chi connectivity index (χ0v) is 43.0. The van der Waals surface area contributed by atoms with Crippen molar-refractivity contribution in [2.24, 2.45) is 5.92 Å².